The number of nitrogens with zero attached hydrogens (tertiary/aromatic N) is 3. The minimum absolute atomic E-state index is 0.200. The van der Waals surface area contributed by atoms with E-state index in [1.807, 2.05) is 20.8 Å². The van der Waals surface area contributed by atoms with Gasteiger partial charge in [0.05, 0.1) is 19.3 Å². The van der Waals surface area contributed by atoms with Gasteiger partial charge in [-0.05, 0) is 18.2 Å². The molecule has 0 unspecified atom stereocenters. The molecule has 0 fully saturated rings. The molecule has 1 aromatic heterocycles. The molecule has 0 bridgehead atoms. The number of nitrogens with two attached hydrogens (primary N) is 1. The summed E-state index contributed by atoms with van der Waals surface area (Å²) in [6.45, 7) is 6.45. The first-order chi connectivity index (χ1) is 9.32. The van der Waals surface area contributed by atoms with Gasteiger partial charge >= 0.3 is 0 Å². The van der Waals surface area contributed by atoms with Crippen molar-refractivity contribution in [1.29, 1.82) is 0 Å². The molecule has 6 heteroatoms. The van der Waals surface area contributed by atoms with Crippen LogP contribution in [-0.2, 0) is 12.0 Å². The number of nitrogen functional groups attached to an aromatic ring is 1. The molecule has 2 N–H and O–H groups in total. The molecule has 2 aromatic rings. The van der Waals surface area contributed by atoms with Crippen molar-refractivity contribution in [2.75, 3.05) is 12.8 Å². The lowest BCUT2D eigenvalue weighted by Gasteiger charge is -2.20. The molecule has 108 valence electrons. The lowest BCUT2D eigenvalue weighted by atomic mass is 9.91. The molecule has 1 aromatic carbocycles. The van der Waals surface area contributed by atoms with Gasteiger partial charge in [0, 0.05) is 11.0 Å². The average molecular weight is 278 g/mol. The van der Waals surface area contributed by atoms with Crippen molar-refractivity contribution in [2.45, 2.75) is 32.7 Å². The monoisotopic (exact) mass is 278 g/mol. The standard InChI is InChI=1S/C14H19FN4O/c1-14(2,3)12-13(16)17-18-19(12)8-9-7-10(15)5-6-11(9)20-4/h5-7H,8,16H2,1-4H3. The lowest BCUT2D eigenvalue weighted by molar-refractivity contribution is 0.403. The largest absolute Gasteiger partial charge is 0.496 e. The summed E-state index contributed by atoms with van der Waals surface area (Å²) in [6.07, 6.45) is 0. The molecule has 20 heavy (non-hydrogen) atoms. The van der Waals surface area contributed by atoms with Crippen molar-refractivity contribution < 1.29 is 9.13 Å². The zero-order chi connectivity index (χ0) is 14.9. The van der Waals surface area contributed by atoms with Gasteiger partial charge in [-0.25, -0.2) is 9.07 Å². The molecule has 0 amide bonds. The van der Waals surface area contributed by atoms with Gasteiger partial charge in [0.25, 0.3) is 0 Å². The van der Waals surface area contributed by atoms with E-state index in [2.05, 4.69) is 10.3 Å². The number of rotatable bonds is 3. The number of halogens is 1. The van der Waals surface area contributed by atoms with Gasteiger partial charge in [-0.1, -0.05) is 26.0 Å². The summed E-state index contributed by atoms with van der Waals surface area (Å²) in [6, 6.07) is 4.40. The molecular formula is C14H19FN4O. The summed E-state index contributed by atoms with van der Waals surface area (Å²) in [5.74, 6) is 0.694. The maximum absolute atomic E-state index is 13.4. The van der Waals surface area contributed by atoms with E-state index < -0.39 is 0 Å². The fourth-order valence-electron chi connectivity index (χ4n) is 2.24. The lowest BCUT2D eigenvalue weighted by Crippen LogP contribution is -2.20. The zero-order valence-electron chi connectivity index (χ0n) is 12.1. The SMILES string of the molecule is COc1ccc(F)cc1Cn1nnc(N)c1C(C)(C)C. The Labute approximate surface area is 117 Å². The Morgan fingerprint density at radius 1 is 1.35 bits per heavy atom. The number of hydrogen-bond donors (Lipinski definition) is 1. The number of aromatic nitrogens is 3. The number of methoxy groups -OCH3 is 1. The van der Waals surface area contributed by atoms with Crippen LogP contribution in [0.4, 0.5) is 10.2 Å². The van der Waals surface area contributed by atoms with Crippen LogP contribution in [0.2, 0.25) is 0 Å². The second-order valence-electron chi connectivity index (χ2n) is 5.69. The molecule has 5 nitrogen and oxygen atoms in total. The maximum atomic E-state index is 13.4. The van der Waals surface area contributed by atoms with E-state index in [1.54, 1.807) is 17.9 Å². The highest BCUT2D eigenvalue weighted by molar-refractivity contribution is 5.40. The Hall–Kier alpha value is -2.11. The van der Waals surface area contributed by atoms with Crippen molar-refractivity contribution in [2.24, 2.45) is 0 Å². The quantitative estimate of drug-likeness (QED) is 0.936. The number of ether oxygens (including phenoxy) is 1. The normalized spacial score (nSPS) is 11.7. The Kier molecular flexibility index (Phi) is 3.65. The Morgan fingerprint density at radius 2 is 2.05 bits per heavy atom. The van der Waals surface area contributed by atoms with Crippen LogP contribution in [-0.4, -0.2) is 22.1 Å². The Morgan fingerprint density at radius 3 is 2.65 bits per heavy atom. The van der Waals surface area contributed by atoms with Crippen LogP contribution in [0.15, 0.2) is 18.2 Å². The van der Waals surface area contributed by atoms with E-state index in [4.69, 9.17) is 10.5 Å². The fraction of sp³-hybridized carbons (Fsp3) is 0.429. The molecule has 0 radical (unpaired) electrons. The molecule has 0 aliphatic carbocycles. The van der Waals surface area contributed by atoms with Crippen molar-refractivity contribution in [3.05, 3.63) is 35.3 Å². The molecule has 0 saturated heterocycles. The predicted octanol–water partition coefficient (Wildman–Crippen LogP) is 2.35. The molecule has 0 aliphatic heterocycles. The van der Waals surface area contributed by atoms with Crippen LogP contribution in [0, 0.1) is 5.82 Å². The minimum atomic E-state index is -0.314. The highest BCUT2D eigenvalue weighted by Crippen LogP contribution is 2.28. The van der Waals surface area contributed by atoms with Gasteiger partial charge in [-0.3, -0.25) is 0 Å². The van der Waals surface area contributed by atoms with Crippen LogP contribution in [0.5, 0.6) is 5.75 Å². The van der Waals surface area contributed by atoms with Gasteiger partial charge in [-0.2, -0.15) is 0 Å². The number of benzene rings is 1. The van der Waals surface area contributed by atoms with E-state index in [0.717, 1.165) is 5.69 Å². The molecule has 1 heterocycles. The Bertz CT molecular complexity index is 616. The second kappa shape index (κ2) is 5.11. The second-order valence-corrected chi connectivity index (χ2v) is 5.69. The van der Waals surface area contributed by atoms with Crippen LogP contribution in [0.1, 0.15) is 32.0 Å². The summed E-state index contributed by atoms with van der Waals surface area (Å²) >= 11 is 0. The van der Waals surface area contributed by atoms with Crippen LogP contribution >= 0.6 is 0 Å². The van der Waals surface area contributed by atoms with Gasteiger partial charge < -0.3 is 10.5 Å². The van der Waals surface area contributed by atoms with Crippen molar-refractivity contribution >= 4 is 5.82 Å². The van der Waals surface area contributed by atoms with Gasteiger partial charge in [0.2, 0.25) is 0 Å². The summed E-state index contributed by atoms with van der Waals surface area (Å²) in [4.78, 5) is 0. The summed E-state index contributed by atoms with van der Waals surface area (Å²) in [5.41, 5.74) is 7.20. The summed E-state index contributed by atoms with van der Waals surface area (Å²) in [5, 5.41) is 7.96. The first-order valence-corrected chi connectivity index (χ1v) is 6.35. The van der Waals surface area contributed by atoms with Crippen LogP contribution < -0.4 is 10.5 Å². The highest BCUT2D eigenvalue weighted by Gasteiger charge is 2.24. The third kappa shape index (κ3) is 2.74. The van der Waals surface area contributed by atoms with Gasteiger partial charge in [0.1, 0.15) is 11.6 Å². The van der Waals surface area contributed by atoms with Crippen LogP contribution in [0.3, 0.4) is 0 Å². The third-order valence-electron chi connectivity index (χ3n) is 3.03. The topological polar surface area (TPSA) is 66.0 Å². The maximum Gasteiger partial charge on any atom is 0.169 e. The molecule has 0 saturated carbocycles. The number of hydrogen-bond acceptors (Lipinski definition) is 4. The van der Waals surface area contributed by atoms with Crippen molar-refractivity contribution in [3.63, 3.8) is 0 Å². The molecule has 2 rings (SSSR count). The van der Waals surface area contributed by atoms with E-state index >= 15 is 0 Å². The smallest absolute Gasteiger partial charge is 0.169 e. The minimum Gasteiger partial charge on any atom is -0.496 e. The molecule has 0 aliphatic rings. The van der Waals surface area contributed by atoms with E-state index in [0.29, 0.717) is 23.7 Å². The Balaban J connectivity index is 2.43. The third-order valence-corrected chi connectivity index (χ3v) is 3.03. The van der Waals surface area contributed by atoms with E-state index in [-0.39, 0.29) is 11.2 Å². The number of anilines is 1. The van der Waals surface area contributed by atoms with Crippen LogP contribution in [0.25, 0.3) is 0 Å². The fourth-order valence-corrected chi connectivity index (χ4v) is 2.24. The van der Waals surface area contributed by atoms with Crippen molar-refractivity contribution in [1.82, 2.24) is 15.0 Å². The van der Waals surface area contributed by atoms with E-state index in [9.17, 15) is 4.39 Å². The molecular weight excluding hydrogens is 259 g/mol. The summed E-state index contributed by atoms with van der Waals surface area (Å²) < 4.78 is 20.3. The van der Waals surface area contributed by atoms with Gasteiger partial charge in [-0.15, -0.1) is 5.10 Å². The molecule has 0 atom stereocenters. The first-order valence-electron chi connectivity index (χ1n) is 6.35. The highest BCUT2D eigenvalue weighted by atomic mass is 19.1. The van der Waals surface area contributed by atoms with Gasteiger partial charge in [0.15, 0.2) is 5.82 Å². The van der Waals surface area contributed by atoms with Crippen molar-refractivity contribution in [3.8, 4) is 5.75 Å². The van der Waals surface area contributed by atoms with E-state index in [1.165, 1.54) is 12.1 Å². The molecule has 0 spiro atoms. The predicted molar refractivity (Wildman–Crippen MR) is 75.2 cm³/mol. The zero-order valence-corrected chi connectivity index (χ0v) is 12.1. The average Bonchev–Trinajstić information content (AvgIpc) is 2.70. The summed E-state index contributed by atoms with van der Waals surface area (Å²) in [7, 11) is 1.55. The first kappa shape index (κ1) is 14.3.